The molecule has 0 radical (unpaired) electrons. The van der Waals surface area contributed by atoms with Crippen LogP contribution in [0.5, 0.6) is 0 Å². The Bertz CT molecular complexity index is 207. The summed E-state index contributed by atoms with van der Waals surface area (Å²) in [6.07, 6.45) is 7.37. The van der Waals surface area contributed by atoms with Gasteiger partial charge in [0.1, 0.15) is 0 Å². The highest BCUT2D eigenvalue weighted by Crippen LogP contribution is 2.40. The van der Waals surface area contributed by atoms with E-state index in [1.165, 1.54) is 58.3 Å². The molecule has 0 aromatic heterocycles. The Labute approximate surface area is 116 Å². The lowest BCUT2D eigenvalue weighted by Crippen LogP contribution is -2.66. The van der Waals surface area contributed by atoms with E-state index >= 15 is 0 Å². The van der Waals surface area contributed by atoms with E-state index in [1.54, 1.807) is 0 Å². The summed E-state index contributed by atoms with van der Waals surface area (Å²) in [6, 6.07) is 0. The smallest absolute Gasteiger partial charge is 0.206 e. The molecule has 1 saturated carbocycles. The van der Waals surface area contributed by atoms with Crippen LogP contribution in [0.1, 0.15) is 59.8 Å². The van der Waals surface area contributed by atoms with Crippen LogP contribution in [-0.4, -0.2) is 43.7 Å². The van der Waals surface area contributed by atoms with Crippen LogP contribution >= 0.6 is 0 Å². The Balaban J connectivity index is 2.97. The number of nitrogens with zero attached hydrogens (tertiary/aromatic N) is 2. The van der Waals surface area contributed by atoms with Gasteiger partial charge in [-0.25, -0.2) is 0 Å². The second-order valence-electron chi connectivity index (χ2n) is 5.77. The lowest BCUT2D eigenvalue weighted by molar-refractivity contribution is 0.321. The van der Waals surface area contributed by atoms with Crippen molar-refractivity contribution in [2.75, 3.05) is 26.2 Å². The summed E-state index contributed by atoms with van der Waals surface area (Å²) < 4.78 is 5.66. The first-order chi connectivity index (χ1) is 8.64. The van der Waals surface area contributed by atoms with Crippen molar-refractivity contribution >= 4 is 8.40 Å². The van der Waals surface area contributed by atoms with Gasteiger partial charge in [-0.1, -0.05) is 59.8 Å². The van der Waals surface area contributed by atoms with Crippen molar-refractivity contribution in [1.82, 2.24) is 9.13 Å². The van der Waals surface area contributed by atoms with Crippen molar-refractivity contribution in [3.8, 4) is 0 Å². The van der Waals surface area contributed by atoms with Crippen LogP contribution in [0.4, 0.5) is 0 Å². The summed E-state index contributed by atoms with van der Waals surface area (Å²) in [5.74, 6) is 0. The maximum Gasteiger partial charge on any atom is 0.206 e. The number of hydrogen-bond donors (Lipinski definition) is 0. The highest BCUT2D eigenvalue weighted by atomic mass is 28.3. The molecule has 0 heterocycles. The highest BCUT2D eigenvalue weighted by Gasteiger charge is 2.45. The highest BCUT2D eigenvalue weighted by molar-refractivity contribution is 6.74. The molecule has 1 aliphatic carbocycles. The van der Waals surface area contributed by atoms with Gasteiger partial charge in [-0.3, -0.25) is 0 Å². The molecule has 0 spiro atoms. The topological polar surface area (TPSA) is 6.48 Å². The van der Waals surface area contributed by atoms with E-state index in [9.17, 15) is 0 Å². The largest absolute Gasteiger partial charge is 0.312 e. The molecule has 0 bridgehead atoms. The molecule has 0 amide bonds. The summed E-state index contributed by atoms with van der Waals surface area (Å²) >= 11 is 0. The van der Waals surface area contributed by atoms with E-state index in [4.69, 9.17) is 0 Å². The molecule has 0 N–H and O–H groups in total. The Hall–Kier alpha value is 0.137. The summed E-state index contributed by atoms with van der Waals surface area (Å²) in [4.78, 5) is 0. The van der Waals surface area contributed by atoms with Crippen molar-refractivity contribution in [3.05, 3.63) is 0 Å². The fraction of sp³-hybridized carbons (Fsp3) is 1.00. The molecule has 0 saturated heterocycles. The first kappa shape index (κ1) is 16.2. The van der Waals surface area contributed by atoms with E-state index < -0.39 is 8.40 Å². The summed E-state index contributed by atoms with van der Waals surface area (Å²) in [5.41, 5.74) is 0.992. The number of hydrogen-bond acceptors (Lipinski definition) is 2. The van der Waals surface area contributed by atoms with Crippen LogP contribution in [0.2, 0.25) is 12.1 Å². The molecule has 0 aromatic rings. The average Bonchev–Trinajstić information content (AvgIpc) is 2.42. The van der Waals surface area contributed by atoms with Gasteiger partial charge in [0, 0.05) is 0 Å². The predicted octanol–water partition coefficient (Wildman–Crippen LogP) is 4.08. The quantitative estimate of drug-likeness (QED) is 0.643. The fourth-order valence-electron chi connectivity index (χ4n) is 4.09. The Morgan fingerprint density at radius 3 is 1.50 bits per heavy atom. The predicted molar refractivity (Wildman–Crippen MR) is 84.3 cm³/mol. The standard InChI is InChI=1S/C15H34N2Si/c1-6-16(7-2)18(5,17(8-3)9-4)15-13-11-10-12-14-15/h15H,6-14H2,1-5H3. The van der Waals surface area contributed by atoms with Gasteiger partial charge in [-0.2, -0.15) is 0 Å². The third-order valence-corrected chi connectivity index (χ3v) is 11.1. The molecule has 0 aliphatic heterocycles. The zero-order valence-corrected chi connectivity index (χ0v) is 14.3. The second-order valence-corrected chi connectivity index (χ2v) is 10.0. The molecule has 3 heteroatoms. The van der Waals surface area contributed by atoms with Gasteiger partial charge in [0.15, 0.2) is 0 Å². The minimum Gasteiger partial charge on any atom is -0.312 e. The van der Waals surface area contributed by atoms with E-state index in [1.807, 2.05) is 0 Å². The molecular weight excluding hydrogens is 236 g/mol. The third kappa shape index (κ3) is 3.17. The maximum atomic E-state index is 2.83. The number of rotatable bonds is 7. The summed E-state index contributed by atoms with van der Waals surface area (Å²) in [7, 11) is -1.44. The Morgan fingerprint density at radius 1 is 0.778 bits per heavy atom. The lowest BCUT2D eigenvalue weighted by Gasteiger charge is -2.51. The molecule has 18 heavy (non-hydrogen) atoms. The van der Waals surface area contributed by atoms with Crippen molar-refractivity contribution in [3.63, 3.8) is 0 Å². The fourth-order valence-corrected chi connectivity index (χ4v) is 9.59. The SMILES string of the molecule is CCN(CC)[Si](C)(C1CCCCC1)N(CC)CC. The summed E-state index contributed by atoms with van der Waals surface area (Å²) in [6.45, 7) is 16.9. The van der Waals surface area contributed by atoms with Crippen LogP contribution < -0.4 is 0 Å². The average molecular weight is 271 g/mol. The van der Waals surface area contributed by atoms with Gasteiger partial charge in [-0.05, 0) is 38.3 Å². The van der Waals surface area contributed by atoms with E-state index in [0.717, 1.165) is 5.54 Å². The minimum absolute atomic E-state index is 0.992. The van der Waals surface area contributed by atoms with Crippen molar-refractivity contribution in [1.29, 1.82) is 0 Å². The van der Waals surface area contributed by atoms with Gasteiger partial charge in [-0.15, -0.1) is 0 Å². The van der Waals surface area contributed by atoms with Crippen LogP contribution in [0.25, 0.3) is 0 Å². The van der Waals surface area contributed by atoms with Crippen LogP contribution in [0, 0.1) is 0 Å². The Morgan fingerprint density at radius 2 is 1.17 bits per heavy atom. The zero-order chi connectivity index (χ0) is 13.6. The minimum atomic E-state index is -1.44. The normalized spacial score (nSPS) is 18.8. The van der Waals surface area contributed by atoms with Crippen molar-refractivity contribution in [2.45, 2.75) is 71.9 Å². The molecular formula is C15H34N2Si. The van der Waals surface area contributed by atoms with E-state index in [-0.39, 0.29) is 0 Å². The third-order valence-electron chi connectivity index (χ3n) is 5.19. The van der Waals surface area contributed by atoms with Gasteiger partial charge in [0.25, 0.3) is 0 Å². The van der Waals surface area contributed by atoms with Gasteiger partial charge in [0.05, 0.1) is 0 Å². The van der Waals surface area contributed by atoms with E-state index in [0.29, 0.717) is 0 Å². The molecule has 2 nitrogen and oxygen atoms in total. The van der Waals surface area contributed by atoms with Crippen LogP contribution in [0.3, 0.4) is 0 Å². The molecule has 108 valence electrons. The first-order valence-corrected chi connectivity index (χ1v) is 10.6. The molecule has 0 atom stereocenters. The van der Waals surface area contributed by atoms with Crippen LogP contribution in [0.15, 0.2) is 0 Å². The van der Waals surface area contributed by atoms with E-state index in [2.05, 4.69) is 43.4 Å². The maximum absolute atomic E-state index is 2.83. The second kappa shape index (κ2) is 7.66. The zero-order valence-electron chi connectivity index (χ0n) is 13.3. The molecule has 0 aromatic carbocycles. The van der Waals surface area contributed by atoms with Gasteiger partial charge < -0.3 is 9.13 Å². The lowest BCUT2D eigenvalue weighted by atomic mass is 10.0. The van der Waals surface area contributed by atoms with Crippen molar-refractivity contribution < 1.29 is 0 Å². The monoisotopic (exact) mass is 270 g/mol. The molecule has 0 unspecified atom stereocenters. The van der Waals surface area contributed by atoms with Crippen molar-refractivity contribution in [2.24, 2.45) is 0 Å². The van der Waals surface area contributed by atoms with Gasteiger partial charge >= 0.3 is 0 Å². The first-order valence-electron chi connectivity index (χ1n) is 8.15. The van der Waals surface area contributed by atoms with Crippen LogP contribution in [-0.2, 0) is 0 Å². The van der Waals surface area contributed by atoms with Gasteiger partial charge in [0.2, 0.25) is 8.40 Å². The molecule has 1 rings (SSSR count). The Kier molecular flexibility index (Phi) is 6.89. The summed E-state index contributed by atoms with van der Waals surface area (Å²) in [5, 5.41) is 0. The molecule has 1 aliphatic rings. The molecule has 1 fully saturated rings.